The van der Waals surface area contributed by atoms with Crippen LogP contribution < -0.4 is 18.6 Å². The molecule has 0 spiro atoms. The molecule has 94 valence electrons. The fourth-order valence-electron chi connectivity index (χ4n) is 0.559. The lowest BCUT2D eigenvalue weighted by Gasteiger charge is -2.17. The summed E-state index contributed by atoms with van der Waals surface area (Å²) in [4.78, 5) is 5.75. The molecule has 8 heteroatoms. The summed E-state index contributed by atoms with van der Waals surface area (Å²) in [5.41, 5.74) is 0. The zero-order valence-electron chi connectivity index (χ0n) is 9.71. The van der Waals surface area contributed by atoms with Gasteiger partial charge in [-0.2, -0.15) is 0 Å². The van der Waals surface area contributed by atoms with E-state index in [0.717, 1.165) is 5.82 Å². The summed E-state index contributed by atoms with van der Waals surface area (Å²) in [6.07, 6.45) is 3.84. The number of aliphatic imine (C=N–C) groups is 1. The maximum absolute atomic E-state index is 8.49. The SMILES string of the molecule is C=NC(=CC=[N+](C)C)N(C)C.[O-][Cl+3]([O-])([O-])[O-]. The number of allylic oxidation sites excluding steroid dienone is 1. The van der Waals surface area contributed by atoms with E-state index in [1.54, 1.807) is 0 Å². The summed E-state index contributed by atoms with van der Waals surface area (Å²) < 4.78 is 35.9. The Hall–Kier alpha value is -0.990. The summed E-state index contributed by atoms with van der Waals surface area (Å²) in [6.45, 7) is 3.46. The van der Waals surface area contributed by atoms with Crippen LogP contribution in [0.2, 0.25) is 0 Å². The first-order valence-corrected chi connectivity index (χ1v) is 5.28. The second-order valence-corrected chi connectivity index (χ2v) is 3.82. The molecular weight excluding hydrogens is 238 g/mol. The highest BCUT2D eigenvalue weighted by Crippen LogP contribution is 1.95. The second-order valence-electron chi connectivity index (χ2n) is 3.07. The molecular formula is C8H16ClN3O4. The Morgan fingerprint density at radius 2 is 1.62 bits per heavy atom. The zero-order chi connectivity index (χ0) is 13.4. The molecule has 0 saturated carbocycles. The lowest BCUT2D eigenvalue weighted by atomic mass is 10.5. The van der Waals surface area contributed by atoms with E-state index in [4.69, 9.17) is 18.6 Å². The molecule has 0 bridgehead atoms. The van der Waals surface area contributed by atoms with Gasteiger partial charge in [0.15, 0.2) is 6.21 Å². The highest BCUT2D eigenvalue weighted by molar-refractivity contribution is 5.67. The van der Waals surface area contributed by atoms with E-state index < -0.39 is 10.2 Å². The van der Waals surface area contributed by atoms with Crippen LogP contribution in [-0.4, -0.2) is 50.6 Å². The van der Waals surface area contributed by atoms with Gasteiger partial charge < -0.3 is 4.90 Å². The van der Waals surface area contributed by atoms with Gasteiger partial charge in [0.25, 0.3) is 0 Å². The van der Waals surface area contributed by atoms with E-state index >= 15 is 0 Å². The first kappa shape index (κ1) is 17.4. The Morgan fingerprint density at radius 1 is 1.25 bits per heavy atom. The number of halogens is 1. The van der Waals surface area contributed by atoms with E-state index in [1.165, 1.54) is 0 Å². The van der Waals surface area contributed by atoms with Gasteiger partial charge in [-0.15, -0.1) is 10.2 Å². The fraction of sp³-hybridized carbons (Fsp3) is 0.500. The van der Waals surface area contributed by atoms with Crippen LogP contribution in [0.3, 0.4) is 0 Å². The first-order chi connectivity index (χ1) is 7.07. The standard InChI is InChI=1S/C8H16N3.ClHO4/c1-9-8(11(4)5)6-7-10(2)3;2-1(3,4)5/h6-7H,1H2,2-5H3;(H,2,3,4,5)/q+1;/p-1. The van der Waals surface area contributed by atoms with E-state index in [0.29, 0.717) is 0 Å². The van der Waals surface area contributed by atoms with Gasteiger partial charge in [0.05, 0.1) is 0 Å². The largest absolute Gasteiger partial charge is 0.363 e. The molecule has 0 aromatic carbocycles. The van der Waals surface area contributed by atoms with Crippen molar-refractivity contribution in [3.8, 4) is 0 Å². The molecule has 0 amide bonds. The van der Waals surface area contributed by atoms with Gasteiger partial charge in [0.1, 0.15) is 19.9 Å². The second kappa shape index (κ2) is 8.20. The van der Waals surface area contributed by atoms with Gasteiger partial charge in [-0.05, 0) is 6.72 Å². The highest BCUT2D eigenvalue weighted by atomic mass is 35.7. The monoisotopic (exact) mass is 253 g/mol. The summed E-state index contributed by atoms with van der Waals surface area (Å²) >= 11 is 0. The van der Waals surface area contributed by atoms with Gasteiger partial charge in [0, 0.05) is 20.2 Å². The number of hydrogen-bond donors (Lipinski definition) is 0. The van der Waals surface area contributed by atoms with Gasteiger partial charge in [-0.25, -0.2) is 28.2 Å². The average molecular weight is 254 g/mol. The Labute approximate surface area is 97.0 Å². The molecule has 0 aliphatic rings. The highest BCUT2D eigenvalue weighted by Gasteiger charge is 1.93. The number of nitrogens with zero attached hydrogens (tertiary/aromatic N) is 3. The topological polar surface area (TPSA) is 111 Å². The smallest absolute Gasteiger partial charge is 0.166 e. The lowest BCUT2D eigenvalue weighted by molar-refractivity contribution is -2.00. The minimum atomic E-state index is -4.94. The minimum Gasteiger partial charge on any atom is -0.363 e. The molecule has 0 aliphatic carbocycles. The predicted molar refractivity (Wildman–Crippen MR) is 49.5 cm³/mol. The van der Waals surface area contributed by atoms with E-state index in [1.807, 2.05) is 50.0 Å². The van der Waals surface area contributed by atoms with Gasteiger partial charge in [0.2, 0.25) is 0 Å². The molecule has 16 heavy (non-hydrogen) atoms. The molecule has 0 N–H and O–H groups in total. The fourth-order valence-corrected chi connectivity index (χ4v) is 0.559. The lowest BCUT2D eigenvalue weighted by Crippen LogP contribution is -2.68. The number of rotatable bonds is 3. The molecule has 0 fully saturated rings. The normalized spacial score (nSPS) is 11.1. The molecule has 0 heterocycles. The van der Waals surface area contributed by atoms with Crippen LogP contribution in [0.25, 0.3) is 0 Å². The number of hydrogen-bond acceptors (Lipinski definition) is 6. The van der Waals surface area contributed by atoms with Gasteiger partial charge in [-0.1, -0.05) is 0 Å². The van der Waals surface area contributed by atoms with Crippen molar-refractivity contribution in [2.24, 2.45) is 4.99 Å². The van der Waals surface area contributed by atoms with E-state index in [2.05, 4.69) is 11.7 Å². The van der Waals surface area contributed by atoms with Crippen LogP contribution in [0.4, 0.5) is 0 Å². The first-order valence-electron chi connectivity index (χ1n) is 4.05. The predicted octanol–water partition coefficient (Wildman–Crippen LogP) is -4.32. The summed E-state index contributed by atoms with van der Waals surface area (Å²) in [5.74, 6) is 0.860. The Kier molecular flexibility index (Phi) is 8.92. The Balaban J connectivity index is 0. The van der Waals surface area contributed by atoms with E-state index in [9.17, 15) is 0 Å². The van der Waals surface area contributed by atoms with Crippen molar-refractivity contribution in [3.63, 3.8) is 0 Å². The summed E-state index contributed by atoms with van der Waals surface area (Å²) in [6, 6.07) is 0. The van der Waals surface area contributed by atoms with Gasteiger partial charge >= 0.3 is 0 Å². The third-order valence-electron chi connectivity index (χ3n) is 1.14. The Morgan fingerprint density at radius 3 is 1.81 bits per heavy atom. The zero-order valence-corrected chi connectivity index (χ0v) is 10.5. The molecule has 0 unspecified atom stereocenters. The quantitative estimate of drug-likeness (QED) is 0.373. The van der Waals surface area contributed by atoms with Crippen molar-refractivity contribution in [3.05, 3.63) is 11.9 Å². The van der Waals surface area contributed by atoms with Crippen LogP contribution in [-0.2, 0) is 0 Å². The summed E-state index contributed by atoms with van der Waals surface area (Å²) in [5, 5.41) is 0. The molecule has 0 saturated heterocycles. The van der Waals surface area contributed by atoms with Crippen molar-refractivity contribution in [1.29, 1.82) is 0 Å². The molecule has 0 aromatic heterocycles. The molecule has 0 rings (SSSR count). The van der Waals surface area contributed by atoms with Crippen molar-refractivity contribution in [2.75, 3.05) is 28.2 Å². The van der Waals surface area contributed by atoms with Gasteiger partial charge in [-0.3, -0.25) is 0 Å². The van der Waals surface area contributed by atoms with Crippen LogP contribution in [0.5, 0.6) is 0 Å². The molecule has 7 nitrogen and oxygen atoms in total. The van der Waals surface area contributed by atoms with Crippen molar-refractivity contribution in [2.45, 2.75) is 0 Å². The molecule has 0 radical (unpaired) electrons. The summed E-state index contributed by atoms with van der Waals surface area (Å²) in [7, 11) is 2.85. The molecule has 0 aliphatic heterocycles. The van der Waals surface area contributed by atoms with Crippen LogP contribution in [0, 0.1) is 10.2 Å². The third kappa shape index (κ3) is 18.7. The van der Waals surface area contributed by atoms with Crippen molar-refractivity contribution >= 4 is 12.9 Å². The van der Waals surface area contributed by atoms with Crippen LogP contribution in [0.15, 0.2) is 16.9 Å². The maximum Gasteiger partial charge on any atom is 0.166 e. The van der Waals surface area contributed by atoms with Crippen LogP contribution >= 0.6 is 0 Å². The third-order valence-corrected chi connectivity index (χ3v) is 1.14. The van der Waals surface area contributed by atoms with Crippen molar-refractivity contribution in [1.82, 2.24) is 4.90 Å². The Bertz CT molecular complexity index is 261. The van der Waals surface area contributed by atoms with E-state index in [-0.39, 0.29) is 0 Å². The average Bonchev–Trinajstić information content (AvgIpc) is 2.00. The molecule has 0 atom stereocenters. The minimum absolute atomic E-state index is 0.860. The molecule has 0 aromatic rings. The van der Waals surface area contributed by atoms with Crippen molar-refractivity contribution < 1.29 is 33.5 Å². The van der Waals surface area contributed by atoms with Crippen LogP contribution in [0.1, 0.15) is 0 Å². The maximum atomic E-state index is 8.49.